The zero-order chi connectivity index (χ0) is 18.7. The molecule has 0 aromatic carbocycles. The first kappa shape index (κ1) is 18.6. The van der Waals surface area contributed by atoms with Crippen molar-refractivity contribution >= 4 is 23.2 Å². The molecule has 138 valence electrons. The molecule has 3 rings (SSSR count). The van der Waals surface area contributed by atoms with Gasteiger partial charge in [-0.25, -0.2) is 0 Å². The molecule has 1 fully saturated rings. The van der Waals surface area contributed by atoms with Crippen LogP contribution < -0.4 is 5.32 Å². The van der Waals surface area contributed by atoms with Crippen LogP contribution in [-0.2, 0) is 0 Å². The molecule has 0 bridgehead atoms. The molecule has 5 nitrogen and oxygen atoms in total. The molecule has 1 N–H and O–H groups in total. The van der Waals surface area contributed by atoms with E-state index in [0.717, 1.165) is 29.1 Å². The van der Waals surface area contributed by atoms with Crippen molar-refractivity contribution in [2.24, 2.45) is 0 Å². The van der Waals surface area contributed by atoms with E-state index in [4.69, 9.17) is 0 Å². The number of aryl methyl sites for hydroxylation is 1. The van der Waals surface area contributed by atoms with E-state index >= 15 is 0 Å². The van der Waals surface area contributed by atoms with Crippen molar-refractivity contribution in [2.75, 3.05) is 13.1 Å². The van der Waals surface area contributed by atoms with Crippen LogP contribution in [0.3, 0.4) is 0 Å². The number of likely N-dealkylation sites (tertiary alicyclic amines) is 1. The molecule has 0 spiro atoms. The molecule has 2 aromatic heterocycles. The van der Waals surface area contributed by atoms with Crippen LogP contribution in [0.1, 0.15) is 64.0 Å². The van der Waals surface area contributed by atoms with Crippen molar-refractivity contribution in [1.29, 1.82) is 0 Å². The molecule has 1 aliphatic heterocycles. The minimum atomic E-state index is -0.0698. The Hall–Kier alpha value is -2.21. The molecule has 0 atom stereocenters. The molecule has 2 amide bonds. The summed E-state index contributed by atoms with van der Waals surface area (Å²) in [6.45, 7) is 7.25. The number of rotatable bonds is 4. The predicted octanol–water partition coefficient (Wildman–Crippen LogP) is 3.61. The van der Waals surface area contributed by atoms with Crippen molar-refractivity contribution in [1.82, 2.24) is 15.2 Å². The number of aromatic nitrogens is 1. The Balaban J connectivity index is 1.73. The molecule has 0 unspecified atom stereocenters. The van der Waals surface area contributed by atoms with Gasteiger partial charge in [0.2, 0.25) is 0 Å². The Bertz CT molecular complexity index is 778. The van der Waals surface area contributed by atoms with E-state index in [2.05, 4.69) is 10.3 Å². The predicted molar refractivity (Wildman–Crippen MR) is 104 cm³/mol. The molecule has 0 aliphatic carbocycles. The van der Waals surface area contributed by atoms with E-state index in [1.165, 1.54) is 11.3 Å². The van der Waals surface area contributed by atoms with Crippen molar-refractivity contribution in [3.63, 3.8) is 0 Å². The number of nitrogens with one attached hydrogen (secondary N) is 1. The number of hydrogen-bond donors (Lipinski definition) is 1. The number of amides is 2. The fourth-order valence-corrected chi connectivity index (χ4v) is 4.02. The highest BCUT2D eigenvalue weighted by Crippen LogP contribution is 2.30. The standard InChI is InChI=1S/C20H25N3O2S/c1-13(2)21-19(24)16-7-6-14(3)22-18(16)15-8-10-23(11-9-15)20(25)17-5-4-12-26-17/h4-7,12-13,15H,8-11H2,1-3H3,(H,21,24). The van der Waals surface area contributed by atoms with Crippen LogP contribution in [0.15, 0.2) is 29.6 Å². The van der Waals surface area contributed by atoms with E-state index in [1.54, 1.807) is 0 Å². The first-order chi connectivity index (χ1) is 12.5. The molecule has 2 aromatic rings. The highest BCUT2D eigenvalue weighted by atomic mass is 32.1. The molecular weight excluding hydrogens is 346 g/mol. The summed E-state index contributed by atoms with van der Waals surface area (Å²) in [5.41, 5.74) is 2.44. The van der Waals surface area contributed by atoms with E-state index in [9.17, 15) is 9.59 Å². The van der Waals surface area contributed by atoms with Gasteiger partial charge in [-0.15, -0.1) is 11.3 Å². The molecule has 1 aliphatic rings. The van der Waals surface area contributed by atoms with Crippen LogP contribution in [0.4, 0.5) is 0 Å². The van der Waals surface area contributed by atoms with Gasteiger partial charge < -0.3 is 10.2 Å². The Morgan fingerprint density at radius 2 is 1.96 bits per heavy atom. The average molecular weight is 372 g/mol. The normalized spacial score (nSPS) is 15.3. The summed E-state index contributed by atoms with van der Waals surface area (Å²) in [6.07, 6.45) is 1.66. The minimum absolute atomic E-state index is 0.0698. The smallest absolute Gasteiger partial charge is 0.263 e. The number of carbonyl (C=O) groups excluding carboxylic acids is 2. The quantitative estimate of drug-likeness (QED) is 0.893. The third-order valence-corrected chi connectivity index (χ3v) is 5.49. The lowest BCUT2D eigenvalue weighted by Crippen LogP contribution is -2.38. The molecule has 3 heterocycles. The van der Waals surface area contributed by atoms with E-state index in [1.807, 2.05) is 55.3 Å². The molecule has 6 heteroatoms. The highest BCUT2D eigenvalue weighted by Gasteiger charge is 2.28. The summed E-state index contributed by atoms with van der Waals surface area (Å²) < 4.78 is 0. The van der Waals surface area contributed by atoms with E-state index < -0.39 is 0 Å². The molecule has 0 radical (unpaired) electrons. The average Bonchev–Trinajstić information content (AvgIpc) is 3.15. The lowest BCUT2D eigenvalue weighted by Gasteiger charge is -2.32. The summed E-state index contributed by atoms with van der Waals surface area (Å²) in [4.78, 5) is 32.4. The Morgan fingerprint density at radius 1 is 1.23 bits per heavy atom. The van der Waals surface area contributed by atoms with Gasteiger partial charge in [0.15, 0.2) is 0 Å². The summed E-state index contributed by atoms with van der Waals surface area (Å²) in [5, 5.41) is 4.89. The van der Waals surface area contributed by atoms with E-state index in [-0.39, 0.29) is 23.8 Å². The Morgan fingerprint density at radius 3 is 2.58 bits per heavy atom. The molecule has 0 saturated carbocycles. The first-order valence-corrected chi connectivity index (χ1v) is 9.95. The zero-order valence-corrected chi connectivity index (χ0v) is 16.3. The largest absolute Gasteiger partial charge is 0.350 e. The maximum absolute atomic E-state index is 12.5. The number of carbonyl (C=O) groups is 2. The fourth-order valence-electron chi connectivity index (χ4n) is 3.33. The van der Waals surface area contributed by atoms with Crippen molar-refractivity contribution in [3.05, 3.63) is 51.5 Å². The van der Waals surface area contributed by atoms with Gasteiger partial charge in [0.05, 0.1) is 16.1 Å². The lowest BCUT2D eigenvalue weighted by atomic mass is 9.89. The Kier molecular flexibility index (Phi) is 5.71. The second-order valence-corrected chi connectivity index (χ2v) is 8.01. The van der Waals surface area contributed by atoms with Crippen molar-refractivity contribution in [3.8, 4) is 0 Å². The highest BCUT2D eigenvalue weighted by molar-refractivity contribution is 7.12. The summed E-state index contributed by atoms with van der Waals surface area (Å²) in [5.74, 6) is 0.239. The van der Waals surface area contributed by atoms with Gasteiger partial charge in [-0.1, -0.05) is 6.07 Å². The van der Waals surface area contributed by atoms with Crippen molar-refractivity contribution in [2.45, 2.75) is 45.6 Å². The Labute approximate surface area is 158 Å². The molecule has 26 heavy (non-hydrogen) atoms. The van der Waals surface area contributed by atoms with Crippen LogP contribution in [0, 0.1) is 6.92 Å². The maximum atomic E-state index is 12.5. The topological polar surface area (TPSA) is 62.3 Å². The summed E-state index contributed by atoms with van der Waals surface area (Å²) in [6, 6.07) is 7.62. The van der Waals surface area contributed by atoms with Gasteiger partial charge in [-0.3, -0.25) is 14.6 Å². The van der Waals surface area contributed by atoms with Crippen molar-refractivity contribution < 1.29 is 9.59 Å². The minimum Gasteiger partial charge on any atom is -0.350 e. The van der Waals surface area contributed by atoms with Crippen LogP contribution in [0.25, 0.3) is 0 Å². The fraction of sp³-hybridized carbons (Fsp3) is 0.450. The van der Waals surface area contributed by atoms with Gasteiger partial charge >= 0.3 is 0 Å². The van der Waals surface area contributed by atoms with Gasteiger partial charge in [-0.05, 0) is 57.2 Å². The van der Waals surface area contributed by atoms with Gasteiger partial charge in [0.25, 0.3) is 11.8 Å². The van der Waals surface area contributed by atoms with E-state index in [0.29, 0.717) is 18.7 Å². The number of pyridine rings is 1. The molecule has 1 saturated heterocycles. The third-order valence-electron chi connectivity index (χ3n) is 4.63. The third kappa shape index (κ3) is 4.12. The first-order valence-electron chi connectivity index (χ1n) is 9.07. The van der Waals surface area contributed by atoms with Crippen LogP contribution >= 0.6 is 11.3 Å². The number of nitrogens with zero attached hydrogens (tertiary/aromatic N) is 2. The van der Waals surface area contributed by atoms with Crippen LogP contribution in [0.5, 0.6) is 0 Å². The number of hydrogen-bond acceptors (Lipinski definition) is 4. The summed E-state index contributed by atoms with van der Waals surface area (Å²) >= 11 is 1.48. The second kappa shape index (κ2) is 7.99. The SMILES string of the molecule is Cc1ccc(C(=O)NC(C)C)c(C2CCN(C(=O)c3cccs3)CC2)n1. The van der Waals surface area contributed by atoms with Gasteiger partial charge in [0.1, 0.15) is 0 Å². The van der Waals surface area contributed by atoms with Gasteiger partial charge in [-0.2, -0.15) is 0 Å². The van der Waals surface area contributed by atoms with Crippen LogP contribution in [-0.4, -0.2) is 40.8 Å². The molecular formula is C20H25N3O2S. The van der Waals surface area contributed by atoms with Gasteiger partial charge in [0, 0.05) is 30.7 Å². The van der Waals surface area contributed by atoms with Crippen LogP contribution in [0.2, 0.25) is 0 Å². The second-order valence-electron chi connectivity index (χ2n) is 7.06. The maximum Gasteiger partial charge on any atom is 0.263 e. The monoisotopic (exact) mass is 371 g/mol. The zero-order valence-electron chi connectivity index (χ0n) is 15.5. The number of piperidine rings is 1. The lowest BCUT2D eigenvalue weighted by molar-refractivity contribution is 0.0715. The summed E-state index contributed by atoms with van der Waals surface area (Å²) in [7, 11) is 0. The number of thiophene rings is 1.